The summed E-state index contributed by atoms with van der Waals surface area (Å²) in [5, 5.41) is 4.36. The largest absolute Gasteiger partial charge is 0.366 e. The van der Waals surface area contributed by atoms with Crippen LogP contribution in [0.25, 0.3) is 22.2 Å². The van der Waals surface area contributed by atoms with Gasteiger partial charge in [-0.25, -0.2) is 9.37 Å². The number of pyridine rings is 1. The molecule has 1 saturated heterocycles. The number of benzene rings is 2. The number of nitrogens with two attached hydrogens (primary N) is 1. The maximum atomic E-state index is 13.8. The summed E-state index contributed by atoms with van der Waals surface area (Å²) < 4.78 is 13.8. The Kier molecular flexibility index (Phi) is 5.17. The summed E-state index contributed by atoms with van der Waals surface area (Å²) in [6.45, 7) is 2.83. The van der Waals surface area contributed by atoms with E-state index in [1.165, 1.54) is 18.2 Å². The third-order valence-electron chi connectivity index (χ3n) is 4.94. The summed E-state index contributed by atoms with van der Waals surface area (Å²) in [4.78, 5) is 30.6. The zero-order valence-electron chi connectivity index (χ0n) is 15.4. The van der Waals surface area contributed by atoms with Crippen LogP contribution in [0.2, 0.25) is 5.02 Å². The number of halogens is 2. The van der Waals surface area contributed by atoms with Gasteiger partial charge in [-0.3, -0.25) is 9.59 Å². The van der Waals surface area contributed by atoms with Gasteiger partial charge in [-0.2, -0.15) is 0 Å². The van der Waals surface area contributed by atoms with Gasteiger partial charge >= 0.3 is 0 Å². The molecule has 2 aromatic carbocycles. The highest BCUT2D eigenvalue weighted by Crippen LogP contribution is 2.30. The SMILES string of the molecule is NC(=O)c1cc(-c2cc(Cl)c3ccc(C(=O)N4CCNCC4)cc3n2)ccc1F. The average Bonchev–Trinajstić information content (AvgIpc) is 2.73. The summed E-state index contributed by atoms with van der Waals surface area (Å²) >= 11 is 6.42. The number of carbonyl (C=O) groups excluding carboxylic acids is 2. The molecule has 3 aromatic rings. The first-order chi connectivity index (χ1) is 13.9. The Labute approximate surface area is 171 Å². The van der Waals surface area contributed by atoms with E-state index in [4.69, 9.17) is 17.3 Å². The van der Waals surface area contributed by atoms with E-state index >= 15 is 0 Å². The van der Waals surface area contributed by atoms with Crippen LogP contribution in [0.1, 0.15) is 20.7 Å². The number of primary amides is 1. The lowest BCUT2D eigenvalue weighted by atomic mass is 10.0. The molecule has 2 amide bonds. The fraction of sp³-hybridized carbons (Fsp3) is 0.190. The predicted molar refractivity (Wildman–Crippen MR) is 109 cm³/mol. The van der Waals surface area contributed by atoms with E-state index in [0.29, 0.717) is 45.8 Å². The van der Waals surface area contributed by atoms with Crippen molar-refractivity contribution in [3.63, 3.8) is 0 Å². The molecule has 1 fully saturated rings. The van der Waals surface area contributed by atoms with E-state index in [1.54, 1.807) is 29.2 Å². The van der Waals surface area contributed by atoms with Crippen LogP contribution in [0, 0.1) is 5.82 Å². The van der Waals surface area contributed by atoms with E-state index in [-0.39, 0.29) is 11.5 Å². The Balaban J connectivity index is 1.76. The Morgan fingerprint density at radius 1 is 1.10 bits per heavy atom. The van der Waals surface area contributed by atoms with Gasteiger partial charge in [-0.05, 0) is 36.4 Å². The number of rotatable bonds is 3. The van der Waals surface area contributed by atoms with Crippen molar-refractivity contribution in [2.24, 2.45) is 5.73 Å². The number of nitrogens with one attached hydrogen (secondary N) is 1. The summed E-state index contributed by atoms with van der Waals surface area (Å²) in [6.07, 6.45) is 0. The molecule has 0 unspecified atom stereocenters. The van der Waals surface area contributed by atoms with Crippen LogP contribution >= 0.6 is 11.6 Å². The van der Waals surface area contributed by atoms with E-state index in [9.17, 15) is 14.0 Å². The molecular weight excluding hydrogens is 395 g/mol. The van der Waals surface area contributed by atoms with Crippen molar-refractivity contribution >= 4 is 34.3 Å². The molecule has 1 aliphatic rings. The zero-order chi connectivity index (χ0) is 20.5. The molecule has 0 radical (unpaired) electrons. The van der Waals surface area contributed by atoms with E-state index < -0.39 is 11.7 Å². The third-order valence-corrected chi connectivity index (χ3v) is 5.25. The van der Waals surface area contributed by atoms with Crippen LogP contribution in [-0.4, -0.2) is 47.9 Å². The lowest BCUT2D eigenvalue weighted by Gasteiger charge is -2.27. The van der Waals surface area contributed by atoms with Gasteiger partial charge in [0.1, 0.15) is 5.82 Å². The van der Waals surface area contributed by atoms with Gasteiger partial charge in [0.15, 0.2) is 0 Å². The molecule has 3 N–H and O–H groups in total. The topological polar surface area (TPSA) is 88.3 Å². The Morgan fingerprint density at radius 3 is 2.59 bits per heavy atom. The van der Waals surface area contributed by atoms with Gasteiger partial charge in [0.05, 0.1) is 21.8 Å². The number of amides is 2. The molecule has 29 heavy (non-hydrogen) atoms. The summed E-state index contributed by atoms with van der Waals surface area (Å²) in [5.74, 6) is -1.62. The van der Waals surface area contributed by atoms with Gasteiger partial charge in [0, 0.05) is 42.7 Å². The molecule has 2 heterocycles. The van der Waals surface area contributed by atoms with Crippen LogP contribution in [0.5, 0.6) is 0 Å². The van der Waals surface area contributed by atoms with Gasteiger partial charge < -0.3 is 16.0 Å². The second-order valence-electron chi connectivity index (χ2n) is 6.82. The molecule has 0 aliphatic carbocycles. The molecule has 6 nitrogen and oxygen atoms in total. The van der Waals surface area contributed by atoms with E-state index in [0.717, 1.165) is 13.1 Å². The normalized spacial score (nSPS) is 14.2. The molecule has 0 saturated carbocycles. The number of hydrogen-bond donors (Lipinski definition) is 2. The van der Waals surface area contributed by atoms with Crippen molar-refractivity contribution in [2.75, 3.05) is 26.2 Å². The smallest absolute Gasteiger partial charge is 0.254 e. The molecule has 0 bridgehead atoms. The van der Waals surface area contributed by atoms with Crippen molar-refractivity contribution in [3.05, 3.63) is 64.4 Å². The highest BCUT2D eigenvalue weighted by molar-refractivity contribution is 6.35. The van der Waals surface area contributed by atoms with Gasteiger partial charge in [0.25, 0.3) is 11.8 Å². The summed E-state index contributed by atoms with van der Waals surface area (Å²) in [7, 11) is 0. The van der Waals surface area contributed by atoms with Crippen molar-refractivity contribution in [3.8, 4) is 11.3 Å². The molecule has 4 rings (SSSR count). The standard InChI is InChI=1S/C21H18ClFN4O2/c22-16-11-18(12-2-4-17(23)15(9-12)20(24)28)26-19-10-13(1-3-14(16)19)21(29)27-7-5-25-6-8-27/h1-4,9-11,25H,5-8H2,(H2,24,28). The molecule has 8 heteroatoms. The molecule has 0 atom stereocenters. The lowest BCUT2D eigenvalue weighted by Crippen LogP contribution is -2.46. The second kappa shape index (κ2) is 7.77. The highest BCUT2D eigenvalue weighted by Gasteiger charge is 2.19. The number of nitrogens with zero attached hydrogens (tertiary/aromatic N) is 2. The van der Waals surface area contributed by atoms with Crippen molar-refractivity contribution in [1.29, 1.82) is 0 Å². The van der Waals surface area contributed by atoms with E-state index in [1.807, 2.05) is 0 Å². The van der Waals surface area contributed by atoms with Crippen LogP contribution < -0.4 is 11.1 Å². The van der Waals surface area contributed by atoms with E-state index in [2.05, 4.69) is 10.3 Å². The summed E-state index contributed by atoms with van der Waals surface area (Å²) in [5.41, 5.74) is 7.04. The molecule has 148 valence electrons. The number of hydrogen-bond acceptors (Lipinski definition) is 4. The van der Waals surface area contributed by atoms with Crippen LogP contribution in [0.15, 0.2) is 42.5 Å². The van der Waals surface area contributed by atoms with Crippen molar-refractivity contribution in [1.82, 2.24) is 15.2 Å². The minimum absolute atomic E-state index is 0.0606. The first kappa shape index (κ1) is 19.3. The number of piperazine rings is 1. The van der Waals surface area contributed by atoms with Gasteiger partial charge in [-0.1, -0.05) is 17.7 Å². The van der Waals surface area contributed by atoms with Gasteiger partial charge in [-0.15, -0.1) is 0 Å². The lowest BCUT2D eigenvalue weighted by molar-refractivity contribution is 0.0735. The van der Waals surface area contributed by atoms with Crippen LogP contribution in [-0.2, 0) is 0 Å². The Hall–Kier alpha value is -3.03. The van der Waals surface area contributed by atoms with Crippen molar-refractivity contribution < 1.29 is 14.0 Å². The molecular formula is C21H18ClFN4O2. The number of carbonyl (C=O) groups is 2. The predicted octanol–water partition coefficient (Wildman–Crippen LogP) is 2.84. The van der Waals surface area contributed by atoms with Crippen molar-refractivity contribution in [2.45, 2.75) is 0 Å². The average molecular weight is 413 g/mol. The minimum atomic E-state index is -0.861. The van der Waals surface area contributed by atoms with Gasteiger partial charge in [0.2, 0.25) is 0 Å². The number of aromatic nitrogens is 1. The monoisotopic (exact) mass is 412 g/mol. The maximum absolute atomic E-state index is 13.8. The first-order valence-corrected chi connectivity index (χ1v) is 9.52. The Morgan fingerprint density at radius 2 is 1.86 bits per heavy atom. The third kappa shape index (κ3) is 3.79. The quantitative estimate of drug-likeness (QED) is 0.692. The summed E-state index contributed by atoms with van der Waals surface area (Å²) in [6, 6.07) is 10.9. The van der Waals surface area contributed by atoms with Crippen LogP contribution in [0.3, 0.4) is 0 Å². The second-order valence-corrected chi connectivity index (χ2v) is 7.23. The first-order valence-electron chi connectivity index (χ1n) is 9.14. The molecule has 0 spiro atoms. The minimum Gasteiger partial charge on any atom is -0.366 e. The highest BCUT2D eigenvalue weighted by atomic mass is 35.5. The van der Waals surface area contributed by atoms with Crippen LogP contribution in [0.4, 0.5) is 4.39 Å². The molecule has 1 aliphatic heterocycles. The fourth-order valence-electron chi connectivity index (χ4n) is 3.39. The fourth-order valence-corrected chi connectivity index (χ4v) is 3.65. The molecule has 1 aromatic heterocycles. The number of fused-ring (bicyclic) bond motifs is 1. The maximum Gasteiger partial charge on any atom is 0.254 e. The Bertz CT molecular complexity index is 1130. The zero-order valence-corrected chi connectivity index (χ0v) is 16.2.